The van der Waals surface area contributed by atoms with Crippen molar-refractivity contribution in [1.29, 1.82) is 10.5 Å². The highest BCUT2D eigenvalue weighted by Crippen LogP contribution is 2.46. The predicted molar refractivity (Wildman–Crippen MR) is 93.3 cm³/mol. The molecule has 0 radical (unpaired) electrons. The summed E-state index contributed by atoms with van der Waals surface area (Å²) in [6, 6.07) is 2.29. The van der Waals surface area contributed by atoms with Gasteiger partial charge in [0.1, 0.15) is 23.8 Å². The molecule has 0 aromatic carbocycles. The standard InChI is InChI=1S/C18H24N4O6/c1-9(23)21-13-12(22-16(25)28-17(3,4)5)6-11(14-15(13)26-14)18(7-19,8-20)27-10(2)24/h11-15H,6H2,1-5H3,(H,21,23)(H,22,25)/t11?,12-,13+,14-,15+/m0/s1. The van der Waals surface area contributed by atoms with Crippen molar-refractivity contribution in [2.75, 3.05) is 0 Å². The molecule has 1 aliphatic heterocycles. The number of carbonyl (C=O) groups is 3. The number of nitriles is 2. The lowest BCUT2D eigenvalue weighted by molar-refractivity contribution is -0.152. The van der Waals surface area contributed by atoms with Crippen molar-refractivity contribution in [3.05, 3.63) is 0 Å². The van der Waals surface area contributed by atoms with E-state index in [1.807, 2.05) is 0 Å². The third-order valence-electron chi connectivity index (χ3n) is 4.48. The Morgan fingerprint density at radius 2 is 1.64 bits per heavy atom. The monoisotopic (exact) mass is 392 g/mol. The molecule has 10 heteroatoms. The molecule has 1 heterocycles. The Morgan fingerprint density at radius 1 is 1.04 bits per heavy atom. The third-order valence-corrected chi connectivity index (χ3v) is 4.48. The quantitative estimate of drug-likeness (QED) is 0.518. The number of amides is 2. The number of nitrogens with one attached hydrogen (secondary N) is 2. The van der Waals surface area contributed by atoms with Crippen LogP contribution < -0.4 is 10.6 Å². The van der Waals surface area contributed by atoms with Crippen molar-refractivity contribution in [2.45, 2.75) is 76.5 Å². The largest absolute Gasteiger partial charge is 0.444 e. The first-order valence-corrected chi connectivity index (χ1v) is 8.86. The fraction of sp³-hybridized carbons (Fsp3) is 0.722. The summed E-state index contributed by atoms with van der Waals surface area (Å²) in [5, 5.41) is 24.5. The van der Waals surface area contributed by atoms with Gasteiger partial charge in [-0.25, -0.2) is 4.79 Å². The molecule has 0 aromatic heterocycles. The van der Waals surface area contributed by atoms with Gasteiger partial charge in [-0.3, -0.25) is 9.59 Å². The number of rotatable bonds is 4. The van der Waals surface area contributed by atoms with Gasteiger partial charge in [0, 0.05) is 13.8 Å². The molecule has 1 saturated heterocycles. The van der Waals surface area contributed by atoms with Gasteiger partial charge in [0.05, 0.1) is 24.1 Å². The lowest BCUT2D eigenvalue weighted by atomic mass is 9.74. The van der Waals surface area contributed by atoms with Crippen molar-refractivity contribution in [2.24, 2.45) is 5.92 Å². The molecule has 1 unspecified atom stereocenters. The van der Waals surface area contributed by atoms with E-state index in [1.165, 1.54) is 6.92 Å². The van der Waals surface area contributed by atoms with Crippen molar-refractivity contribution in [1.82, 2.24) is 10.6 Å². The molecule has 28 heavy (non-hydrogen) atoms. The van der Waals surface area contributed by atoms with Crippen molar-refractivity contribution in [3.63, 3.8) is 0 Å². The number of nitrogens with zero attached hydrogens (tertiary/aromatic N) is 2. The lowest BCUT2D eigenvalue weighted by Gasteiger charge is -2.37. The Balaban J connectivity index is 2.28. The Hall–Kier alpha value is -2.85. The molecule has 1 saturated carbocycles. The van der Waals surface area contributed by atoms with Crippen molar-refractivity contribution >= 4 is 18.0 Å². The first-order chi connectivity index (χ1) is 12.9. The summed E-state index contributed by atoms with van der Waals surface area (Å²) in [7, 11) is 0. The van der Waals surface area contributed by atoms with Crippen LogP contribution in [0.2, 0.25) is 0 Å². The molecule has 0 aromatic rings. The average molecular weight is 392 g/mol. The molecule has 0 spiro atoms. The van der Waals surface area contributed by atoms with Crippen LogP contribution in [0, 0.1) is 28.6 Å². The fourth-order valence-electron chi connectivity index (χ4n) is 3.49. The second kappa shape index (κ2) is 7.64. The molecule has 2 N–H and O–H groups in total. The summed E-state index contributed by atoms with van der Waals surface area (Å²) in [5.74, 6) is -1.90. The maximum atomic E-state index is 12.2. The molecule has 10 nitrogen and oxygen atoms in total. The highest BCUT2D eigenvalue weighted by molar-refractivity contribution is 5.74. The summed E-state index contributed by atoms with van der Waals surface area (Å²) >= 11 is 0. The second-order valence-corrected chi connectivity index (χ2v) is 7.94. The lowest BCUT2D eigenvalue weighted by Crippen LogP contribution is -2.61. The van der Waals surface area contributed by atoms with Gasteiger partial charge in [-0.05, 0) is 27.2 Å². The number of esters is 1. The second-order valence-electron chi connectivity index (χ2n) is 7.94. The molecule has 2 aliphatic rings. The molecule has 1 aliphatic carbocycles. The smallest absolute Gasteiger partial charge is 0.407 e. The van der Waals surface area contributed by atoms with Crippen LogP contribution in [-0.2, 0) is 23.8 Å². The van der Waals surface area contributed by atoms with E-state index in [2.05, 4.69) is 10.6 Å². The molecule has 5 atom stereocenters. The highest BCUT2D eigenvalue weighted by Gasteiger charge is 2.64. The minimum absolute atomic E-state index is 0.0692. The first-order valence-electron chi connectivity index (χ1n) is 8.86. The van der Waals surface area contributed by atoms with Crippen LogP contribution in [-0.4, -0.2) is 53.5 Å². The van der Waals surface area contributed by atoms with Gasteiger partial charge < -0.3 is 24.8 Å². The molecule has 152 valence electrons. The maximum Gasteiger partial charge on any atom is 0.407 e. The predicted octanol–water partition coefficient (Wildman–Crippen LogP) is 0.521. The van der Waals surface area contributed by atoms with Gasteiger partial charge in [0.2, 0.25) is 5.91 Å². The van der Waals surface area contributed by atoms with Gasteiger partial charge >= 0.3 is 12.1 Å². The van der Waals surface area contributed by atoms with E-state index in [-0.39, 0.29) is 12.3 Å². The van der Waals surface area contributed by atoms with Crippen LogP contribution in [0.1, 0.15) is 41.0 Å². The molecule has 2 fully saturated rings. The summed E-state index contributed by atoms with van der Waals surface area (Å²) in [4.78, 5) is 35.3. The zero-order valence-corrected chi connectivity index (χ0v) is 16.4. The number of alkyl carbamates (subject to hydrolysis) is 1. The minimum atomic E-state index is -2.06. The minimum Gasteiger partial charge on any atom is -0.444 e. The summed E-state index contributed by atoms with van der Waals surface area (Å²) < 4.78 is 15.9. The van der Waals surface area contributed by atoms with Crippen LogP contribution in [0.25, 0.3) is 0 Å². The number of hydrogen-bond acceptors (Lipinski definition) is 8. The van der Waals surface area contributed by atoms with Crippen LogP contribution in [0.3, 0.4) is 0 Å². The summed E-state index contributed by atoms with van der Waals surface area (Å²) in [6.07, 6.45) is -1.73. The summed E-state index contributed by atoms with van der Waals surface area (Å²) in [6.45, 7) is 7.56. The van der Waals surface area contributed by atoms with Gasteiger partial charge in [-0.2, -0.15) is 10.5 Å². The number of fused-ring (bicyclic) bond motifs is 1. The van der Waals surface area contributed by atoms with Crippen molar-refractivity contribution < 1.29 is 28.6 Å². The fourth-order valence-corrected chi connectivity index (χ4v) is 3.49. The van der Waals surface area contributed by atoms with Gasteiger partial charge in [0.15, 0.2) is 0 Å². The van der Waals surface area contributed by atoms with Crippen LogP contribution >= 0.6 is 0 Å². The van der Waals surface area contributed by atoms with E-state index in [1.54, 1.807) is 32.9 Å². The maximum absolute atomic E-state index is 12.2. The average Bonchev–Trinajstić information content (AvgIpc) is 3.33. The van der Waals surface area contributed by atoms with E-state index in [9.17, 15) is 24.9 Å². The van der Waals surface area contributed by atoms with Gasteiger partial charge in [0.25, 0.3) is 5.60 Å². The summed E-state index contributed by atoms with van der Waals surface area (Å²) in [5.41, 5.74) is -2.79. The molecule has 2 amide bonds. The third kappa shape index (κ3) is 4.70. The molecular weight excluding hydrogens is 368 g/mol. The van der Waals surface area contributed by atoms with Crippen molar-refractivity contribution in [3.8, 4) is 12.1 Å². The zero-order chi connectivity index (χ0) is 21.3. The van der Waals surface area contributed by atoms with Crippen LogP contribution in [0.15, 0.2) is 0 Å². The number of ether oxygens (including phenoxy) is 3. The van der Waals surface area contributed by atoms with Gasteiger partial charge in [-0.15, -0.1) is 0 Å². The van der Waals surface area contributed by atoms with E-state index < -0.39 is 53.5 Å². The van der Waals surface area contributed by atoms with Gasteiger partial charge in [-0.1, -0.05) is 0 Å². The van der Waals surface area contributed by atoms with E-state index >= 15 is 0 Å². The Kier molecular flexibility index (Phi) is 5.86. The van der Waals surface area contributed by atoms with E-state index in [4.69, 9.17) is 14.2 Å². The molecule has 2 rings (SSSR count). The topological polar surface area (TPSA) is 154 Å². The normalized spacial score (nSPS) is 28.6. The molecular formula is C18H24N4O6. The number of hydrogen-bond donors (Lipinski definition) is 2. The SMILES string of the molecule is CC(=O)N[C@H]1[C@H]2O[C@H]2C(C(C#N)(C#N)OC(C)=O)C[C@@H]1NC(=O)OC(C)(C)C. The number of epoxide rings is 1. The van der Waals surface area contributed by atoms with Crippen LogP contribution in [0.4, 0.5) is 4.79 Å². The number of carbonyl (C=O) groups excluding carboxylic acids is 3. The Bertz CT molecular complexity index is 733. The zero-order valence-electron chi connectivity index (χ0n) is 16.4. The highest BCUT2D eigenvalue weighted by atomic mass is 16.6. The Morgan fingerprint density at radius 3 is 2.11 bits per heavy atom. The Labute approximate surface area is 163 Å². The van der Waals surface area contributed by atoms with Crippen LogP contribution in [0.5, 0.6) is 0 Å². The molecule has 0 bridgehead atoms. The first kappa shape index (κ1) is 21.5. The van der Waals surface area contributed by atoms with E-state index in [0.29, 0.717) is 0 Å². The van der Waals surface area contributed by atoms with E-state index in [0.717, 1.165) is 6.92 Å².